The first-order valence-corrected chi connectivity index (χ1v) is 11.2. The summed E-state index contributed by atoms with van der Waals surface area (Å²) in [5, 5.41) is 18.4. The number of rotatable bonds is 6. The van der Waals surface area contributed by atoms with Crippen LogP contribution in [0.2, 0.25) is 0 Å². The van der Waals surface area contributed by atoms with Crippen molar-refractivity contribution >= 4 is 22.5 Å². The van der Waals surface area contributed by atoms with Crippen LogP contribution in [0.4, 0.5) is 5.69 Å². The second-order valence-electron chi connectivity index (χ2n) is 8.48. The number of nitrogens with zero attached hydrogens (tertiary/aromatic N) is 2. The molecule has 2 fully saturated rings. The van der Waals surface area contributed by atoms with Crippen LogP contribution in [0.15, 0.2) is 42.6 Å². The highest BCUT2D eigenvalue weighted by molar-refractivity contribution is 5.98. The summed E-state index contributed by atoms with van der Waals surface area (Å²) in [6, 6.07) is 10.4. The summed E-state index contributed by atoms with van der Waals surface area (Å²) in [6.45, 7) is 4.17. The van der Waals surface area contributed by atoms with Crippen molar-refractivity contribution in [3.05, 3.63) is 69.4 Å². The molecule has 178 valence electrons. The number of carbonyl (C=O) groups is 1. The molecule has 2 heterocycles. The fourth-order valence-electron chi connectivity index (χ4n) is 3.94. The molecule has 2 aliphatic rings. The van der Waals surface area contributed by atoms with Gasteiger partial charge in [-0.2, -0.15) is 0 Å². The first kappa shape index (κ1) is 23.4. The van der Waals surface area contributed by atoms with Gasteiger partial charge in [-0.25, -0.2) is 0 Å². The number of hydrogen-bond donors (Lipinski definition) is 2. The number of nitro benzene ring substituents is 1. The molecule has 1 saturated heterocycles. The molecule has 0 atom stereocenters. The van der Waals surface area contributed by atoms with Crippen LogP contribution in [-0.2, 0) is 5.54 Å². The molecule has 9 nitrogen and oxygen atoms in total. The van der Waals surface area contributed by atoms with Crippen LogP contribution in [0, 0.1) is 17.0 Å². The first-order chi connectivity index (χ1) is 16.4. The predicted octanol–water partition coefficient (Wildman–Crippen LogP) is 3.87. The van der Waals surface area contributed by atoms with Crippen LogP contribution >= 0.6 is 0 Å². The summed E-state index contributed by atoms with van der Waals surface area (Å²) >= 11 is 0. The fourth-order valence-corrected chi connectivity index (χ4v) is 3.94. The number of hydrogen-bond acceptors (Lipinski definition) is 7. The third kappa shape index (κ3) is 4.65. The molecule has 9 heteroatoms. The normalized spacial score (nSPS) is 15.4. The first-order valence-electron chi connectivity index (χ1n) is 11.2. The van der Waals surface area contributed by atoms with Gasteiger partial charge in [0.15, 0.2) is 5.75 Å². The lowest BCUT2D eigenvalue weighted by Gasteiger charge is -2.21. The van der Waals surface area contributed by atoms with Gasteiger partial charge in [-0.3, -0.25) is 19.9 Å². The van der Waals surface area contributed by atoms with Gasteiger partial charge < -0.3 is 20.1 Å². The third-order valence-electron chi connectivity index (χ3n) is 6.22. The van der Waals surface area contributed by atoms with E-state index in [1.165, 1.54) is 38.8 Å². The molecule has 34 heavy (non-hydrogen) atoms. The minimum atomic E-state index is -0.533. The lowest BCUT2D eigenvalue weighted by Crippen LogP contribution is -2.35. The van der Waals surface area contributed by atoms with E-state index in [4.69, 9.17) is 9.47 Å². The molecule has 1 aliphatic heterocycles. The summed E-state index contributed by atoms with van der Waals surface area (Å²) in [6.07, 6.45) is 4.66. The Morgan fingerprint density at radius 2 is 1.88 bits per heavy atom. The Morgan fingerprint density at radius 3 is 2.44 bits per heavy atom. The predicted molar refractivity (Wildman–Crippen MR) is 129 cm³/mol. The molecule has 5 rings (SSSR count). The van der Waals surface area contributed by atoms with E-state index in [1.54, 1.807) is 20.2 Å². The van der Waals surface area contributed by atoms with E-state index in [0.717, 1.165) is 29.3 Å². The Morgan fingerprint density at radius 1 is 1.18 bits per heavy atom. The maximum atomic E-state index is 13.2. The van der Waals surface area contributed by atoms with E-state index >= 15 is 0 Å². The van der Waals surface area contributed by atoms with Crippen molar-refractivity contribution in [1.82, 2.24) is 15.6 Å². The number of amides is 1. The van der Waals surface area contributed by atoms with E-state index in [2.05, 4.69) is 15.6 Å². The SMILES string of the molecule is C1CNC1.COc1cc(C2(NC(=O)c3cc(OC)c([N+](=O)[O-])cc3C)CC2)c2cccnc2c1. The highest BCUT2D eigenvalue weighted by atomic mass is 16.6. The Hall–Kier alpha value is -3.72. The Kier molecular flexibility index (Phi) is 6.65. The molecule has 0 unspecified atom stereocenters. The summed E-state index contributed by atoms with van der Waals surface area (Å²) < 4.78 is 10.6. The molecule has 1 saturated carbocycles. The van der Waals surface area contributed by atoms with Gasteiger partial charge in [0.25, 0.3) is 5.91 Å². The molecular weight excluding hydrogens is 436 g/mol. The third-order valence-corrected chi connectivity index (χ3v) is 6.22. The van der Waals surface area contributed by atoms with Gasteiger partial charge in [0, 0.05) is 35.3 Å². The van der Waals surface area contributed by atoms with Crippen molar-refractivity contribution in [2.75, 3.05) is 27.3 Å². The number of nitro groups is 1. The van der Waals surface area contributed by atoms with Crippen molar-refractivity contribution in [2.24, 2.45) is 0 Å². The zero-order valence-electron chi connectivity index (χ0n) is 19.5. The van der Waals surface area contributed by atoms with Gasteiger partial charge >= 0.3 is 5.69 Å². The van der Waals surface area contributed by atoms with E-state index in [9.17, 15) is 14.9 Å². The van der Waals surface area contributed by atoms with Crippen molar-refractivity contribution in [2.45, 2.75) is 31.7 Å². The van der Waals surface area contributed by atoms with Crippen molar-refractivity contribution in [1.29, 1.82) is 0 Å². The van der Waals surface area contributed by atoms with Gasteiger partial charge in [-0.05, 0) is 62.5 Å². The van der Waals surface area contributed by atoms with Crippen LogP contribution in [0.1, 0.15) is 40.7 Å². The van der Waals surface area contributed by atoms with Crippen LogP contribution in [0.25, 0.3) is 10.9 Å². The average molecular weight is 465 g/mol. The molecule has 0 radical (unpaired) electrons. The number of ether oxygens (including phenoxy) is 2. The van der Waals surface area contributed by atoms with Crippen LogP contribution in [0.5, 0.6) is 11.5 Å². The van der Waals surface area contributed by atoms with Gasteiger partial charge in [0.2, 0.25) is 0 Å². The zero-order chi connectivity index (χ0) is 24.3. The van der Waals surface area contributed by atoms with E-state index in [1.807, 2.05) is 24.3 Å². The number of nitrogens with one attached hydrogen (secondary N) is 2. The fraction of sp³-hybridized carbons (Fsp3) is 0.360. The molecular formula is C25H28N4O5. The Bertz CT molecular complexity index is 1230. The van der Waals surface area contributed by atoms with Crippen molar-refractivity contribution in [3.63, 3.8) is 0 Å². The second kappa shape index (κ2) is 9.64. The number of pyridine rings is 1. The maximum absolute atomic E-state index is 13.2. The maximum Gasteiger partial charge on any atom is 0.311 e. The monoisotopic (exact) mass is 464 g/mol. The minimum Gasteiger partial charge on any atom is -0.497 e. The number of benzene rings is 2. The Balaban J connectivity index is 0.000000620. The number of aromatic nitrogens is 1. The summed E-state index contributed by atoms with van der Waals surface area (Å²) in [7, 11) is 2.94. The summed E-state index contributed by atoms with van der Waals surface area (Å²) in [4.78, 5) is 28.3. The smallest absolute Gasteiger partial charge is 0.311 e. The number of methoxy groups -OCH3 is 2. The van der Waals surface area contributed by atoms with Gasteiger partial charge in [0.1, 0.15) is 5.75 Å². The molecule has 1 aliphatic carbocycles. The molecule has 1 amide bonds. The largest absolute Gasteiger partial charge is 0.497 e. The zero-order valence-corrected chi connectivity index (χ0v) is 19.5. The standard InChI is InChI=1S/C22H21N3O5.C3H7N/c1-13-9-19(25(27)28)20(30-3)12-16(13)21(26)24-22(6-7-22)17-10-14(29-2)11-18-15(17)5-4-8-23-18;1-2-4-3-1/h4-5,8-12H,6-7H2,1-3H3,(H,24,26);4H,1-3H2. The highest BCUT2D eigenvalue weighted by Crippen LogP contribution is 2.49. The molecule has 2 N–H and O–H groups in total. The summed E-state index contributed by atoms with van der Waals surface area (Å²) in [5.74, 6) is 0.416. The van der Waals surface area contributed by atoms with E-state index in [-0.39, 0.29) is 17.3 Å². The van der Waals surface area contributed by atoms with E-state index in [0.29, 0.717) is 16.9 Å². The quantitative estimate of drug-likeness (QED) is 0.420. The minimum absolute atomic E-state index is 0.0524. The molecule has 2 aromatic carbocycles. The number of fused-ring (bicyclic) bond motifs is 1. The molecule has 0 bridgehead atoms. The highest BCUT2D eigenvalue weighted by Gasteiger charge is 2.47. The van der Waals surface area contributed by atoms with Crippen molar-refractivity contribution in [3.8, 4) is 11.5 Å². The van der Waals surface area contributed by atoms with Gasteiger partial charge in [-0.1, -0.05) is 6.07 Å². The topological polar surface area (TPSA) is 116 Å². The molecule has 0 spiro atoms. The number of carbonyl (C=O) groups excluding carboxylic acids is 1. The van der Waals surface area contributed by atoms with Crippen LogP contribution in [-0.4, -0.2) is 43.1 Å². The summed E-state index contributed by atoms with van der Waals surface area (Å²) in [5.41, 5.74) is 1.89. The lowest BCUT2D eigenvalue weighted by molar-refractivity contribution is -0.385. The lowest BCUT2D eigenvalue weighted by atomic mass is 9.97. The van der Waals surface area contributed by atoms with Crippen LogP contribution < -0.4 is 20.1 Å². The average Bonchev–Trinajstić information content (AvgIpc) is 3.57. The van der Waals surface area contributed by atoms with Gasteiger partial charge in [0.05, 0.1) is 30.2 Å². The number of aryl methyl sites for hydroxylation is 1. The van der Waals surface area contributed by atoms with E-state index < -0.39 is 10.5 Å². The second-order valence-corrected chi connectivity index (χ2v) is 8.48. The van der Waals surface area contributed by atoms with Crippen molar-refractivity contribution < 1.29 is 19.2 Å². The molecule has 1 aromatic heterocycles. The Labute approximate surface area is 197 Å². The molecule has 3 aromatic rings. The van der Waals surface area contributed by atoms with Gasteiger partial charge in [-0.15, -0.1) is 0 Å². The van der Waals surface area contributed by atoms with Crippen LogP contribution in [0.3, 0.4) is 0 Å².